The molecule has 2 aromatic rings. The van der Waals surface area contributed by atoms with Crippen molar-refractivity contribution in [2.24, 2.45) is 0 Å². The highest BCUT2D eigenvalue weighted by Crippen LogP contribution is 2.40. The summed E-state index contributed by atoms with van der Waals surface area (Å²) in [6.07, 6.45) is 4.52. The van der Waals surface area contributed by atoms with Crippen molar-refractivity contribution in [1.29, 1.82) is 0 Å². The highest BCUT2D eigenvalue weighted by atomic mass is 32.2. The van der Waals surface area contributed by atoms with Gasteiger partial charge >= 0.3 is 0 Å². The van der Waals surface area contributed by atoms with Crippen molar-refractivity contribution < 1.29 is 38.1 Å². The van der Waals surface area contributed by atoms with E-state index < -0.39 is 11.1 Å². The van der Waals surface area contributed by atoms with Crippen LogP contribution in [0.15, 0.2) is 41.3 Å². The number of benzene rings is 2. The first kappa shape index (κ1) is 27.5. The maximum atomic E-state index is 12.8. The van der Waals surface area contributed by atoms with E-state index in [1.807, 2.05) is 0 Å². The van der Waals surface area contributed by atoms with Gasteiger partial charge in [0.1, 0.15) is 11.5 Å². The quantitative estimate of drug-likeness (QED) is 0.437. The summed E-state index contributed by atoms with van der Waals surface area (Å²) in [4.78, 5) is 38.9. The molecular weight excluding hydrogens is 500 g/mol. The van der Waals surface area contributed by atoms with Crippen LogP contribution >= 0.6 is 11.8 Å². The Morgan fingerprint density at radius 1 is 0.919 bits per heavy atom. The van der Waals surface area contributed by atoms with Gasteiger partial charge in [-0.25, -0.2) is 0 Å². The van der Waals surface area contributed by atoms with E-state index in [4.69, 9.17) is 23.7 Å². The van der Waals surface area contributed by atoms with Crippen LogP contribution in [0.3, 0.4) is 0 Å². The molecule has 0 aliphatic carbocycles. The van der Waals surface area contributed by atoms with Crippen molar-refractivity contribution in [3.8, 4) is 28.7 Å². The molecule has 1 heterocycles. The number of imide groups is 1. The van der Waals surface area contributed by atoms with Gasteiger partial charge in [0.25, 0.3) is 11.1 Å². The van der Waals surface area contributed by atoms with E-state index in [1.54, 1.807) is 49.6 Å². The normalized spacial score (nSPS) is 14.3. The fourth-order valence-electron chi connectivity index (χ4n) is 3.51. The minimum Gasteiger partial charge on any atom is -0.497 e. The number of nitrogens with one attached hydrogen (secondary N) is 1. The van der Waals surface area contributed by atoms with E-state index in [2.05, 4.69) is 5.32 Å². The first-order valence-corrected chi connectivity index (χ1v) is 11.9. The maximum absolute atomic E-state index is 12.8. The molecule has 0 saturated carbocycles. The zero-order valence-electron chi connectivity index (χ0n) is 21.2. The number of hydrogen-bond acceptors (Lipinski definition) is 9. The van der Waals surface area contributed by atoms with Crippen molar-refractivity contribution in [3.63, 3.8) is 0 Å². The molecule has 0 spiro atoms. The molecule has 2 aromatic carbocycles. The lowest BCUT2D eigenvalue weighted by molar-refractivity contribution is -0.123. The lowest BCUT2D eigenvalue weighted by Gasteiger charge is -2.13. The van der Waals surface area contributed by atoms with Crippen LogP contribution < -0.4 is 29.0 Å². The van der Waals surface area contributed by atoms with Crippen molar-refractivity contribution in [2.45, 2.75) is 0 Å². The summed E-state index contributed by atoms with van der Waals surface area (Å²) >= 11 is 0.821. The van der Waals surface area contributed by atoms with Crippen LogP contribution in [0.2, 0.25) is 0 Å². The molecule has 0 atom stereocenters. The summed E-state index contributed by atoms with van der Waals surface area (Å²) in [6.45, 7) is 0.118. The molecule has 0 radical (unpaired) electrons. The van der Waals surface area contributed by atoms with Gasteiger partial charge in [0.05, 0.1) is 40.5 Å². The van der Waals surface area contributed by atoms with Gasteiger partial charge in [-0.15, -0.1) is 0 Å². The minimum atomic E-state index is -0.449. The molecule has 196 valence electrons. The first-order valence-electron chi connectivity index (χ1n) is 11.1. The Morgan fingerprint density at radius 2 is 1.59 bits per heavy atom. The van der Waals surface area contributed by atoms with Crippen molar-refractivity contribution >= 4 is 41.0 Å². The van der Waals surface area contributed by atoms with E-state index in [0.29, 0.717) is 39.9 Å². The van der Waals surface area contributed by atoms with E-state index >= 15 is 0 Å². The number of rotatable bonds is 11. The molecule has 3 rings (SSSR count). The number of ether oxygens (including phenoxy) is 5. The van der Waals surface area contributed by atoms with Gasteiger partial charge in [0, 0.05) is 24.7 Å². The molecule has 3 amide bonds. The summed E-state index contributed by atoms with van der Waals surface area (Å²) in [6, 6.07) is 8.59. The van der Waals surface area contributed by atoms with E-state index in [9.17, 15) is 14.4 Å². The van der Waals surface area contributed by atoms with Gasteiger partial charge in [0.2, 0.25) is 11.7 Å². The molecule has 37 heavy (non-hydrogen) atoms. The molecule has 0 bridgehead atoms. The number of thioether (sulfide) groups is 1. The average molecular weight is 529 g/mol. The SMILES string of the molecule is COc1ccc(OC)c(C=CC(=O)NCCN2C(=O)SC(=Cc3cc(OC)c(OC)c(OC)c3)C2=O)c1. The van der Waals surface area contributed by atoms with Crippen LogP contribution in [-0.2, 0) is 9.59 Å². The third-order valence-electron chi connectivity index (χ3n) is 5.34. The van der Waals surface area contributed by atoms with Crippen molar-refractivity contribution in [2.75, 3.05) is 48.6 Å². The predicted molar refractivity (Wildman–Crippen MR) is 140 cm³/mol. The zero-order valence-corrected chi connectivity index (χ0v) is 22.0. The molecule has 0 unspecified atom stereocenters. The van der Waals surface area contributed by atoms with E-state index in [-0.39, 0.29) is 23.9 Å². The molecule has 1 saturated heterocycles. The minimum absolute atomic E-state index is 0.0271. The molecular formula is C26H28N2O8S. The third-order valence-corrected chi connectivity index (χ3v) is 6.25. The van der Waals surface area contributed by atoms with Gasteiger partial charge in [-0.1, -0.05) is 0 Å². The number of hydrogen-bond donors (Lipinski definition) is 1. The van der Waals surface area contributed by atoms with Gasteiger partial charge in [-0.2, -0.15) is 0 Å². The molecule has 0 aromatic heterocycles. The average Bonchev–Trinajstić information content (AvgIpc) is 3.18. The summed E-state index contributed by atoms with van der Waals surface area (Å²) < 4.78 is 26.5. The topological polar surface area (TPSA) is 113 Å². The Labute approximate surface area is 219 Å². The molecule has 1 N–H and O–H groups in total. The van der Waals surface area contributed by atoms with Crippen LogP contribution in [0, 0.1) is 0 Å². The van der Waals surface area contributed by atoms with Gasteiger partial charge in [0.15, 0.2) is 11.5 Å². The number of methoxy groups -OCH3 is 5. The predicted octanol–water partition coefficient (Wildman–Crippen LogP) is 3.60. The van der Waals surface area contributed by atoms with Gasteiger partial charge < -0.3 is 29.0 Å². The molecule has 10 nitrogen and oxygen atoms in total. The maximum Gasteiger partial charge on any atom is 0.293 e. The highest BCUT2D eigenvalue weighted by molar-refractivity contribution is 8.18. The van der Waals surface area contributed by atoms with Crippen molar-refractivity contribution in [1.82, 2.24) is 10.2 Å². The molecule has 11 heteroatoms. The highest BCUT2D eigenvalue weighted by Gasteiger charge is 2.34. The fraction of sp³-hybridized carbons (Fsp3) is 0.269. The van der Waals surface area contributed by atoms with Crippen LogP contribution in [0.5, 0.6) is 28.7 Å². The fourth-order valence-corrected chi connectivity index (χ4v) is 4.38. The molecule has 1 aliphatic heterocycles. The summed E-state index contributed by atoms with van der Waals surface area (Å²) in [5.41, 5.74) is 1.27. The molecule has 1 fully saturated rings. The van der Waals surface area contributed by atoms with Crippen LogP contribution in [0.1, 0.15) is 11.1 Å². The summed E-state index contributed by atoms with van der Waals surface area (Å²) in [5.74, 6) is 1.65. The van der Waals surface area contributed by atoms with E-state index in [0.717, 1.165) is 16.7 Å². The standard InChI is InChI=1S/C26H28N2O8S/c1-32-18-7-8-19(33-2)17(15-18)6-9-23(29)27-10-11-28-25(30)22(37-26(28)31)14-16-12-20(34-3)24(36-5)21(13-16)35-4/h6-9,12-15H,10-11H2,1-5H3,(H,27,29). The van der Waals surface area contributed by atoms with Gasteiger partial charge in [-0.3, -0.25) is 19.3 Å². The Morgan fingerprint density at radius 3 is 2.19 bits per heavy atom. The number of carbonyl (C=O) groups excluding carboxylic acids is 3. The first-order chi connectivity index (χ1) is 17.8. The second-order valence-corrected chi connectivity index (χ2v) is 8.52. The second kappa shape index (κ2) is 12.7. The van der Waals surface area contributed by atoms with Gasteiger partial charge in [-0.05, 0) is 59.8 Å². The van der Waals surface area contributed by atoms with E-state index in [1.165, 1.54) is 34.5 Å². The Balaban J connectivity index is 1.63. The largest absolute Gasteiger partial charge is 0.497 e. The zero-order chi connectivity index (χ0) is 26.9. The number of nitrogens with zero attached hydrogens (tertiary/aromatic N) is 1. The van der Waals surface area contributed by atoms with Crippen LogP contribution in [0.4, 0.5) is 4.79 Å². The Kier molecular flexibility index (Phi) is 9.45. The number of amides is 3. The lowest BCUT2D eigenvalue weighted by atomic mass is 10.1. The molecule has 1 aliphatic rings. The third kappa shape index (κ3) is 6.56. The second-order valence-electron chi connectivity index (χ2n) is 7.52. The lowest BCUT2D eigenvalue weighted by Crippen LogP contribution is -2.36. The van der Waals surface area contributed by atoms with Crippen molar-refractivity contribution in [3.05, 3.63) is 52.4 Å². The number of carbonyl (C=O) groups is 3. The van der Waals surface area contributed by atoms with Crippen LogP contribution in [0.25, 0.3) is 12.2 Å². The monoisotopic (exact) mass is 528 g/mol. The summed E-state index contributed by atoms with van der Waals surface area (Å²) in [5, 5.41) is 2.25. The summed E-state index contributed by atoms with van der Waals surface area (Å²) in [7, 11) is 7.56. The Hall–Kier alpha value is -4.12. The smallest absolute Gasteiger partial charge is 0.293 e. The Bertz CT molecular complexity index is 1220. The van der Waals surface area contributed by atoms with Crippen LogP contribution in [-0.4, -0.2) is 70.6 Å².